The zero-order chi connectivity index (χ0) is 38.2. The van der Waals surface area contributed by atoms with Gasteiger partial charge in [-0.1, -0.05) is 167 Å². The van der Waals surface area contributed by atoms with Gasteiger partial charge < -0.3 is 4.90 Å². The van der Waals surface area contributed by atoms with Crippen molar-refractivity contribution in [2.75, 3.05) is 4.90 Å². The van der Waals surface area contributed by atoms with Crippen LogP contribution in [-0.4, -0.2) is 0 Å². The van der Waals surface area contributed by atoms with Gasteiger partial charge in [-0.2, -0.15) is 0 Å². The standard InChI is InChI=1S/C55H45N/c1-36-12-11-15-43(32-36)56(44-27-30-48-46-16-9-10-17-50(46)54(2,3)52(48)34-44)45-28-31-49-47-29-26-42(33-51(47)55(4,5)53(49)35-45)41-24-22-40(23-25-41)39-20-18-38(19-21-39)37-13-7-6-8-14-37/h6-35H,1-5H3. The maximum absolute atomic E-state index is 2.45. The highest BCUT2D eigenvalue weighted by atomic mass is 15.1. The molecular formula is C55H45N. The molecule has 0 N–H and O–H groups in total. The summed E-state index contributed by atoms with van der Waals surface area (Å²) in [6.45, 7) is 11.7. The highest BCUT2D eigenvalue weighted by Crippen LogP contribution is 2.53. The molecule has 270 valence electrons. The van der Waals surface area contributed by atoms with Crippen LogP contribution in [0.5, 0.6) is 0 Å². The predicted molar refractivity (Wildman–Crippen MR) is 237 cm³/mol. The lowest BCUT2D eigenvalue weighted by Crippen LogP contribution is -2.18. The third-order valence-electron chi connectivity index (χ3n) is 12.5. The van der Waals surface area contributed by atoms with Gasteiger partial charge in [0.15, 0.2) is 0 Å². The Kier molecular flexibility index (Phi) is 7.80. The van der Waals surface area contributed by atoms with Gasteiger partial charge in [-0.05, 0) is 133 Å². The molecule has 8 aromatic rings. The Morgan fingerprint density at radius 2 is 0.714 bits per heavy atom. The molecule has 8 aromatic carbocycles. The van der Waals surface area contributed by atoms with Gasteiger partial charge in [0.25, 0.3) is 0 Å². The lowest BCUT2D eigenvalue weighted by Gasteiger charge is -2.30. The fraction of sp³-hybridized carbons (Fsp3) is 0.127. The number of nitrogens with zero attached hydrogens (tertiary/aromatic N) is 1. The van der Waals surface area contributed by atoms with Crippen LogP contribution in [0, 0.1) is 6.92 Å². The number of hydrogen-bond acceptors (Lipinski definition) is 1. The Balaban J connectivity index is 0.987. The van der Waals surface area contributed by atoms with Crippen molar-refractivity contribution >= 4 is 17.1 Å². The lowest BCUT2D eigenvalue weighted by molar-refractivity contribution is 0.660. The van der Waals surface area contributed by atoms with Crippen LogP contribution >= 0.6 is 0 Å². The maximum Gasteiger partial charge on any atom is 0.0465 e. The van der Waals surface area contributed by atoms with Crippen LogP contribution < -0.4 is 4.90 Å². The van der Waals surface area contributed by atoms with Crippen molar-refractivity contribution in [3.63, 3.8) is 0 Å². The minimum Gasteiger partial charge on any atom is -0.310 e. The maximum atomic E-state index is 2.45. The van der Waals surface area contributed by atoms with E-state index in [2.05, 4.69) is 222 Å². The molecule has 10 rings (SSSR count). The number of benzene rings is 8. The first kappa shape index (κ1) is 34.1. The highest BCUT2D eigenvalue weighted by Gasteiger charge is 2.38. The molecule has 0 saturated carbocycles. The van der Waals surface area contributed by atoms with Crippen LogP contribution in [0.3, 0.4) is 0 Å². The first-order valence-electron chi connectivity index (χ1n) is 19.8. The SMILES string of the molecule is Cc1cccc(N(c2ccc3c(c2)C(C)(C)c2ccccc2-3)c2ccc3c(c2)C(C)(C)c2cc(-c4ccc(-c5ccc(-c6ccccc6)cc5)cc4)ccc2-3)c1. The Morgan fingerprint density at radius 3 is 1.29 bits per heavy atom. The van der Waals surface area contributed by atoms with Crippen molar-refractivity contribution in [3.8, 4) is 55.6 Å². The largest absolute Gasteiger partial charge is 0.310 e. The van der Waals surface area contributed by atoms with E-state index < -0.39 is 0 Å². The third kappa shape index (κ3) is 5.45. The summed E-state index contributed by atoms with van der Waals surface area (Å²) in [5.74, 6) is 0. The van der Waals surface area contributed by atoms with Crippen molar-refractivity contribution in [1.29, 1.82) is 0 Å². The van der Waals surface area contributed by atoms with Crippen LogP contribution in [0.1, 0.15) is 55.5 Å². The molecule has 2 aliphatic carbocycles. The Morgan fingerprint density at radius 1 is 0.304 bits per heavy atom. The van der Waals surface area contributed by atoms with Crippen molar-refractivity contribution in [2.45, 2.75) is 45.4 Å². The van der Waals surface area contributed by atoms with Gasteiger partial charge in [0, 0.05) is 27.9 Å². The van der Waals surface area contributed by atoms with Crippen LogP contribution in [0.4, 0.5) is 17.1 Å². The second-order valence-electron chi connectivity index (χ2n) is 16.7. The Bertz CT molecular complexity index is 2780. The van der Waals surface area contributed by atoms with E-state index in [1.807, 2.05) is 0 Å². The third-order valence-corrected chi connectivity index (χ3v) is 12.5. The smallest absolute Gasteiger partial charge is 0.0465 e. The molecule has 0 fully saturated rings. The summed E-state index contributed by atoms with van der Waals surface area (Å²) in [7, 11) is 0. The highest BCUT2D eigenvalue weighted by molar-refractivity contribution is 5.89. The van der Waals surface area contributed by atoms with Crippen LogP contribution in [0.15, 0.2) is 182 Å². The molecule has 0 amide bonds. The van der Waals surface area contributed by atoms with E-state index in [1.54, 1.807) is 0 Å². The van der Waals surface area contributed by atoms with Gasteiger partial charge in [-0.3, -0.25) is 0 Å². The average molecular weight is 720 g/mol. The summed E-state index contributed by atoms with van der Waals surface area (Å²) in [6.07, 6.45) is 0. The molecule has 1 nitrogen and oxygen atoms in total. The van der Waals surface area contributed by atoms with E-state index in [0.717, 1.165) is 0 Å². The van der Waals surface area contributed by atoms with E-state index in [4.69, 9.17) is 0 Å². The van der Waals surface area contributed by atoms with Crippen LogP contribution in [0.25, 0.3) is 55.6 Å². The zero-order valence-corrected chi connectivity index (χ0v) is 32.8. The average Bonchev–Trinajstić information content (AvgIpc) is 3.60. The first-order valence-corrected chi connectivity index (χ1v) is 19.8. The molecular weight excluding hydrogens is 675 g/mol. The zero-order valence-electron chi connectivity index (χ0n) is 32.8. The van der Waals surface area contributed by atoms with E-state index in [9.17, 15) is 0 Å². The van der Waals surface area contributed by atoms with Gasteiger partial charge in [-0.15, -0.1) is 0 Å². The number of rotatable bonds is 6. The lowest BCUT2D eigenvalue weighted by atomic mass is 9.81. The molecule has 0 heterocycles. The van der Waals surface area contributed by atoms with E-state index >= 15 is 0 Å². The molecule has 0 saturated heterocycles. The van der Waals surface area contributed by atoms with Gasteiger partial charge in [-0.25, -0.2) is 0 Å². The molecule has 0 radical (unpaired) electrons. The molecule has 0 unspecified atom stereocenters. The minimum atomic E-state index is -0.170. The molecule has 0 spiro atoms. The van der Waals surface area contributed by atoms with Gasteiger partial charge in [0.1, 0.15) is 0 Å². The topological polar surface area (TPSA) is 3.24 Å². The molecule has 2 aliphatic rings. The second kappa shape index (κ2) is 12.8. The monoisotopic (exact) mass is 719 g/mol. The van der Waals surface area contributed by atoms with Crippen LogP contribution in [-0.2, 0) is 10.8 Å². The van der Waals surface area contributed by atoms with E-state index in [-0.39, 0.29) is 10.8 Å². The quantitative estimate of drug-likeness (QED) is 0.165. The summed E-state index contributed by atoms with van der Waals surface area (Å²) in [4.78, 5) is 2.45. The molecule has 56 heavy (non-hydrogen) atoms. The number of hydrogen-bond donors (Lipinski definition) is 0. The first-order chi connectivity index (χ1) is 27.2. The van der Waals surface area contributed by atoms with E-state index in [1.165, 1.54) is 101 Å². The van der Waals surface area contributed by atoms with Gasteiger partial charge in [0.05, 0.1) is 0 Å². The fourth-order valence-corrected chi connectivity index (χ4v) is 9.43. The minimum absolute atomic E-state index is 0.0754. The molecule has 0 atom stereocenters. The van der Waals surface area contributed by atoms with Crippen molar-refractivity contribution in [2.24, 2.45) is 0 Å². The summed E-state index contributed by atoms with van der Waals surface area (Å²) >= 11 is 0. The normalized spacial score (nSPS) is 14.1. The van der Waals surface area contributed by atoms with Gasteiger partial charge >= 0.3 is 0 Å². The summed E-state index contributed by atoms with van der Waals surface area (Å²) in [6, 6.07) is 67.6. The number of anilines is 3. The second-order valence-corrected chi connectivity index (χ2v) is 16.7. The predicted octanol–water partition coefficient (Wildman–Crippen LogP) is 15.1. The van der Waals surface area contributed by atoms with Crippen LogP contribution in [0.2, 0.25) is 0 Å². The molecule has 0 aromatic heterocycles. The van der Waals surface area contributed by atoms with Crippen molar-refractivity contribution < 1.29 is 0 Å². The molecule has 1 heteroatoms. The molecule has 0 bridgehead atoms. The van der Waals surface area contributed by atoms with Crippen molar-refractivity contribution in [1.82, 2.24) is 0 Å². The molecule has 0 aliphatic heterocycles. The summed E-state index contributed by atoms with van der Waals surface area (Å²) < 4.78 is 0. The summed E-state index contributed by atoms with van der Waals surface area (Å²) in [5.41, 5.74) is 22.8. The van der Waals surface area contributed by atoms with Gasteiger partial charge in [0.2, 0.25) is 0 Å². The van der Waals surface area contributed by atoms with Crippen molar-refractivity contribution in [3.05, 3.63) is 210 Å². The Hall–Kier alpha value is -6.44. The summed E-state index contributed by atoms with van der Waals surface area (Å²) in [5, 5.41) is 0. The number of aryl methyl sites for hydroxylation is 1. The number of fused-ring (bicyclic) bond motifs is 6. The Labute approximate surface area is 331 Å². The van der Waals surface area contributed by atoms with E-state index in [0.29, 0.717) is 0 Å². The fourth-order valence-electron chi connectivity index (χ4n) is 9.43.